The van der Waals surface area contributed by atoms with E-state index in [-0.39, 0.29) is 12.4 Å². The van der Waals surface area contributed by atoms with E-state index in [9.17, 15) is 8.42 Å². The Hall–Kier alpha value is -1.45. The molecule has 0 aliphatic carbocycles. The van der Waals surface area contributed by atoms with Crippen LogP contribution in [-0.4, -0.2) is 50.6 Å². The highest BCUT2D eigenvalue weighted by Crippen LogP contribution is 2.14. The zero-order chi connectivity index (χ0) is 15.2. The molecule has 0 fully saturated rings. The molecule has 1 aromatic rings. The maximum absolute atomic E-state index is 11.2. The molecular weight excluding hydrogens is 282 g/mol. The number of aromatic nitrogens is 2. The molecule has 0 saturated carbocycles. The fraction of sp³-hybridized carbons (Fsp3) is 0.636. The van der Waals surface area contributed by atoms with Crippen LogP contribution in [0.25, 0.3) is 0 Å². The van der Waals surface area contributed by atoms with Crippen LogP contribution in [0.5, 0.6) is 0 Å². The monoisotopic (exact) mass is 303 g/mol. The largest absolute Gasteiger partial charge is 0.374 e. The molecule has 9 heteroatoms. The summed E-state index contributed by atoms with van der Waals surface area (Å²) in [4.78, 5) is 10.2. The van der Waals surface area contributed by atoms with Crippen LogP contribution < -0.4 is 16.2 Å². The fourth-order valence-electron chi connectivity index (χ4n) is 1.43. The first-order valence-electron chi connectivity index (χ1n) is 6.17. The number of ether oxygens (including phenoxy) is 1. The predicted molar refractivity (Wildman–Crippen MR) is 78.2 cm³/mol. The Morgan fingerprint density at radius 2 is 2.15 bits per heavy atom. The highest BCUT2D eigenvalue weighted by Gasteiger charge is 2.11. The molecule has 0 aliphatic heterocycles. The van der Waals surface area contributed by atoms with E-state index >= 15 is 0 Å². The van der Waals surface area contributed by atoms with E-state index < -0.39 is 9.84 Å². The van der Waals surface area contributed by atoms with Crippen molar-refractivity contribution < 1.29 is 13.2 Å². The van der Waals surface area contributed by atoms with Crippen LogP contribution >= 0.6 is 0 Å². The van der Waals surface area contributed by atoms with Crippen molar-refractivity contribution in [2.45, 2.75) is 13.5 Å². The highest BCUT2D eigenvalue weighted by molar-refractivity contribution is 7.90. The molecule has 0 radical (unpaired) electrons. The van der Waals surface area contributed by atoms with Gasteiger partial charge in [0.1, 0.15) is 28.1 Å². The molecule has 0 amide bonds. The number of nitrogens with two attached hydrogens (primary N) is 1. The van der Waals surface area contributed by atoms with Gasteiger partial charge < -0.3 is 15.1 Å². The predicted octanol–water partition coefficient (Wildman–Crippen LogP) is -0.220. The second kappa shape index (κ2) is 7.36. The summed E-state index contributed by atoms with van der Waals surface area (Å²) in [6.45, 7) is 3.06. The number of rotatable bonds is 8. The average Bonchev–Trinajstić information content (AvgIpc) is 2.41. The van der Waals surface area contributed by atoms with Crippen molar-refractivity contribution in [2.75, 3.05) is 42.5 Å². The first-order chi connectivity index (χ1) is 9.35. The van der Waals surface area contributed by atoms with Gasteiger partial charge in [-0.05, 0) is 6.92 Å². The lowest BCUT2D eigenvalue weighted by Crippen LogP contribution is -2.26. The number of sulfone groups is 1. The van der Waals surface area contributed by atoms with Crippen molar-refractivity contribution in [3.05, 3.63) is 11.9 Å². The van der Waals surface area contributed by atoms with Crippen LogP contribution in [0.3, 0.4) is 0 Å². The molecule has 1 heterocycles. The smallest absolute Gasteiger partial charge is 0.158 e. The fourth-order valence-corrected chi connectivity index (χ4v) is 2.03. The number of nitrogens with one attached hydrogen (secondary N) is 1. The van der Waals surface area contributed by atoms with E-state index in [0.717, 1.165) is 0 Å². The molecule has 8 nitrogen and oxygen atoms in total. The molecular formula is C11H21N5O3S. The summed E-state index contributed by atoms with van der Waals surface area (Å²) in [7, 11) is -1.26. The Balaban J connectivity index is 2.86. The van der Waals surface area contributed by atoms with Crippen LogP contribution in [0.1, 0.15) is 12.7 Å². The quantitative estimate of drug-likeness (QED) is 0.501. The Morgan fingerprint density at radius 3 is 2.70 bits per heavy atom. The first-order valence-corrected chi connectivity index (χ1v) is 8.23. The zero-order valence-electron chi connectivity index (χ0n) is 12.0. The third kappa shape index (κ3) is 5.68. The van der Waals surface area contributed by atoms with Gasteiger partial charge >= 0.3 is 0 Å². The molecule has 0 spiro atoms. The SMILES string of the molecule is CCOCc1nc(NN)cc(N(C)CCS(C)(=O)=O)n1. The maximum Gasteiger partial charge on any atom is 0.158 e. The van der Waals surface area contributed by atoms with Gasteiger partial charge in [-0.15, -0.1) is 0 Å². The zero-order valence-corrected chi connectivity index (χ0v) is 12.8. The lowest BCUT2D eigenvalue weighted by molar-refractivity contribution is 0.128. The van der Waals surface area contributed by atoms with Gasteiger partial charge in [0.05, 0.1) is 5.75 Å². The molecule has 0 unspecified atom stereocenters. The minimum Gasteiger partial charge on any atom is -0.374 e. The van der Waals surface area contributed by atoms with E-state index in [2.05, 4.69) is 15.4 Å². The number of hydrazine groups is 1. The van der Waals surface area contributed by atoms with E-state index in [1.165, 1.54) is 6.26 Å². The molecule has 3 N–H and O–H groups in total. The normalized spacial score (nSPS) is 11.4. The van der Waals surface area contributed by atoms with E-state index in [1.807, 2.05) is 6.92 Å². The summed E-state index contributed by atoms with van der Waals surface area (Å²) in [6, 6.07) is 1.65. The second-order valence-corrected chi connectivity index (χ2v) is 6.62. The topological polar surface area (TPSA) is 110 Å². The minimum atomic E-state index is -3.02. The van der Waals surface area contributed by atoms with Gasteiger partial charge in [0.25, 0.3) is 0 Å². The van der Waals surface area contributed by atoms with E-state index in [0.29, 0.717) is 30.6 Å². The molecule has 1 aromatic heterocycles. The molecule has 0 saturated heterocycles. The van der Waals surface area contributed by atoms with Crippen LogP contribution in [0.4, 0.5) is 11.6 Å². The van der Waals surface area contributed by atoms with Gasteiger partial charge in [0.15, 0.2) is 5.82 Å². The van der Waals surface area contributed by atoms with Crippen LogP contribution in [0, 0.1) is 0 Å². The second-order valence-electron chi connectivity index (χ2n) is 4.36. The van der Waals surface area contributed by atoms with Gasteiger partial charge in [0, 0.05) is 32.5 Å². The number of nitrogen functional groups attached to an aromatic ring is 1. The van der Waals surface area contributed by atoms with Gasteiger partial charge in [-0.2, -0.15) is 0 Å². The maximum atomic E-state index is 11.2. The van der Waals surface area contributed by atoms with Crippen molar-refractivity contribution in [3.8, 4) is 0 Å². The summed E-state index contributed by atoms with van der Waals surface area (Å²) >= 11 is 0. The summed E-state index contributed by atoms with van der Waals surface area (Å²) in [5, 5.41) is 0. The Morgan fingerprint density at radius 1 is 1.45 bits per heavy atom. The highest BCUT2D eigenvalue weighted by atomic mass is 32.2. The van der Waals surface area contributed by atoms with Gasteiger partial charge in [-0.25, -0.2) is 24.2 Å². The Bertz CT molecular complexity index is 535. The van der Waals surface area contributed by atoms with Crippen molar-refractivity contribution >= 4 is 21.5 Å². The van der Waals surface area contributed by atoms with Crippen molar-refractivity contribution in [2.24, 2.45) is 5.84 Å². The summed E-state index contributed by atoms with van der Waals surface area (Å²) < 4.78 is 27.6. The molecule has 0 bridgehead atoms. The molecule has 0 atom stereocenters. The lowest BCUT2D eigenvalue weighted by Gasteiger charge is -2.19. The Labute approximate surface area is 119 Å². The lowest BCUT2D eigenvalue weighted by atomic mass is 10.4. The summed E-state index contributed by atoms with van der Waals surface area (Å²) in [5.74, 6) is 6.95. The average molecular weight is 303 g/mol. The third-order valence-electron chi connectivity index (χ3n) is 2.53. The van der Waals surface area contributed by atoms with Gasteiger partial charge in [-0.3, -0.25) is 0 Å². The van der Waals surface area contributed by atoms with Crippen LogP contribution in [0.15, 0.2) is 6.07 Å². The summed E-state index contributed by atoms with van der Waals surface area (Å²) in [6.07, 6.45) is 1.20. The van der Waals surface area contributed by atoms with Crippen LogP contribution in [-0.2, 0) is 21.2 Å². The third-order valence-corrected chi connectivity index (χ3v) is 3.45. The number of anilines is 2. The number of hydrogen-bond donors (Lipinski definition) is 2. The van der Waals surface area contributed by atoms with E-state index in [1.54, 1.807) is 18.0 Å². The molecule has 0 aliphatic rings. The van der Waals surface area contributed by atoms with Crippen molar-refractivity contribution in [3.63, 3.8) is 0 Å². The van der Waals surface area contributed by atoms with E-state index in [4.69, 9.17) is 10.6 Å². The first kappa shape index (κ1) is 16.6. The van der Waals surface area contributed by atoms with Crippen molar-refractivity contribution in [1.29, 1.82) is 0 Å². The van der Waals surface area contributed by atoms with Crippen molar-refractivity contribution in [1.82, 2.24) is 9.97 Å². The molecule has 1 rings (SSSR count). The Kier molecular flexibility index (Phi) is 6.11. The molecule has 20 heavy (non-hydrogen) atoms. The number of hydrogen-bond acceptors (Lipinski definition) is 8. The molecule has 114 valence electrons. The summed E-state index contributed by atoms with van der Waals surface area (Å²) in [5.41, 5.74) is 2.46. The van der Waals surface area contributed by atoms with Crippen LogP contribution in [0.2, 0.25) is 0 Å². The van der Waals surface area contributed by atoms with Gasteiger partial charge in [0.2, 0.25) is 0 Å². The number of nitrogens with zero attached hydrogens (tertiary/aromatic N) is 3. The molecule has 0 aromatic carbocycles. The van der Waals surface area contributed by atoms with Gasteiger partial charge in [-0.1, -0.05) is 0 Å². The minimum absolute atomic E-state index is 0.0552. The standard InChI is InChI=1S/C11H21N5O3S/c1-4-19-8-10-13-9(15-12)7-11(14-10)16(2)5-6-20(3,17)18/h7H,4-6,8,12H2,1-3H3,(H,13,14,15).